The Hall–Kier alpha value is -1.38. The van der Waals surface area contributed by atoms with E-state index in [1.807, 2.05) is 0 Å². The highest BCUT2D eigenvalue weighted by atomic mass is 79.9. The summed E-state index contributed by atoms with van der Waals surface area (Å²) in [6.07, 6.45) is -5.50. The van der Waals surface area contributed by atoms with Crippen molar-refractivity contribution in [2.45, 2.75) is 12.6 Å². The molecule has 0 heterocycles. The standard InChI is InChI=1S/C9H7BrF4N2O2/c10-5-3-7(15-2-1-9(12,13)14)8(16(17)18)4-6(5)11/h3-4,15H,1-2H2. The third-order valence-electron chi connectivity index (χ3n) is 1.96. The van der Waals surface area contributed by atoms with Crippen molar-refractivity contribution in [1.29, 1.82) is 0 Å². The second-order valence-corrected chi connectivity index (χ2v) is 4.19. The average molecular weight is 331 g/mol. The Labute approximate surface area is 107 Å². The summed E-state index contributed by atoms with van der Waals surface area (Å²) >= 11 is 2.80. The fourth-order valence-corrected chi connectivity index (χ4v) is 1.51. The van der Waals surface area contributed by atoms with Crippen LogP contribution in [0.2, 0.25) is 0 Å². The van der Waals surface area contributed by atoms with Gasteiger partial charge < -0.3 is 5.32 Å². The van der Waals surface area contributed by atoms with Gasteiger partial charge >= 0.3 is 6.18 Å². The van der Waals surface area contributed by atoms with E-state index in [2.05, 4.69) is 21.2 Å². The number of benzene rings is 1. The Balaban J connectivity index is 2.87. The highest BCUT2D eigenvalue weighted by Gasteiger charge is 2.27. The monoisotopic (exact) mass is 330 g/mol. The molecule has 0 aliphatic rings. The number of nitro benzene ring substituents is 1. The summed E-state index contributed by atoms with van der Waals surface area (Å²) in [4.78, 5) is 9.74. The van der Waals surface area contributed by atoms with E-state index in [0.717, 1.165) is 6.07 Å². The van der Waals surface area contributed by atoms with Crippen LogP contribution in [0.25, 0.3) is 0 Å². The Morgan fingerprint density at radius 1 is 1.39 bits per heavy atom. The maximum absolute atomic E-state index is 13.1. The first-order valence-electron chi connectivity index (χ1n) is 4.65. The lowest BCUT2D eigenvalue weighted by atomic mass is 10.2. The zero-order chi connectivity index (χ0) is 13.9. The lowest BCUT2D eigenvalue weighted by Crippen LogP contribution is -2.15. The zero-order valence-electron chi connectivity index (χ0n) is 8.72. The van der Waals surface area contributed by atoms with Crippen molar-refractivity contribution in [1.82, 2.24) is 0 Å². The average Bonchev–Trinajstić information content (AvgIpc) is 2.20. The molecule has 0 bridgehead atoms. The molecule has 0 spiro atoms. The Morgan fingerprint density at radius 2 is 2.00 bits per heavy atom. The van der Waals surface area contributed by atoms with E-state index in [-0.39, 0.29) is 10.2 Å². The van der Waals surface area contributed by atoms with Crippen molar-refractivity contribution in [3.63, 3.8) is 0 Å². The summed E-state index contributed by atoms with van der Waals surface area (Å²) in [7, 11) is 0. The minimum absolute atomic E-state index is 0.0670. The lowest BCUT2D eigenvalue weighted by molar-refractivity contribution is -0.384. The summed E-state index contributed by atoms with van der Waals surface area (Å²) in [5.41, 5.74) is -0.782. The van der Waals surface area contributed by atoms with Gasteiger partial charge in [0, 0.05) is 6.54 Å². The largest absolute Gasteiger partial charge is 0.390 e. The van der Waals surface area contributed by atoms with Gasteiger partial charge in [-0.2, -0.15) is 13.2 Å². The van der Waals surface area contributed by atoms with Gasteiger partial charge in [-0.3, -0.25) is 10.1 Å². The van der Waals surface area contributed by atoms with Gasteiger partial charge in [0.15, 0.2) is 0 Å². The van der Waals surface area contributed by atoms with Crippen molar-refractivity contribution in [3.05, 3.63) is 32.5 Å². The van der Waals surface area contributed by atoms with Crippen molar-refractivity contribution >= 4 is 27.3 Å². The molecule has 0 aliphatic heterocycles. The predicted octanol–water partition coefficient (Wildman–Crippen LogP) is 3.86. The van der Waals surface area contributed by atoms with Gasteiger partial charge in [0.25, 0.3) is 5.69 Å². The Morgan fingerprint density at radius 3 is 2.50 bits per heavy atom. The van der Waals surface area contributed by atoms with Crippen LogP contribution in [0.5, 0.6) is 0 Å². The summed E-state index contributed by atoms with van der Waals surface area (Å²) < 4.78 is 48.8. The van der Waals surface area contributed by atoms with Crippen LogP contribution in [0, 0.1) is 15.9 Å². The molecule has 18 heavy (non-hydrogen) atoms. The SMILES string of the molecule is O=[N+]([O-])c1cc(F)c(Br)cc1NCCC(F)(F)F. The number of hydrogen-bond acceptors (Lipinski definition) is 3. The number of anilines is 1. The van der Waals surface area contributed by atoms with Gasteiger partial charge in [-0.15, -0.1) is 0 Å². The minimum atomic E-state index is -4.36. The number of halogens is 5. The first kappa shape index (κ1) is 14.7. The number of rotatable bonds is 4. The molecular formula is C9H7BrF4N2O2. The fourth-order valence-electron chi connectivity index (χ4n) is 1.17. The highest BCUT2D eigenvalue weighted by molar-refractivity contribution is 9.10. The van der Waals surface area contributed by atoms with Gasteiger partial charge in [-0.05, 0) is 22.0 Å². The van der Waals surface area contributed by atoms with Crippen molar-refractivity contribution in [2.24, 2.45) is 0 Å². The highest BCUT2D eigenvalue weighted by Crippen LogP contribution is 2.31. The molecule has 0 saturated carbocycles. The number of nitrogens with one attached hydrogen (secondary N) is 1. The number of hydrogen-bond donors (Lipinski definition) is 1. The lowest BCUT2D eigenvalue weighted by Gasteiger charge is -2.09. The first-order chi connectivity index (χ1) is 8.20. The second-order valence-electron chi connectivity index (χ2n) is 3.33. The van der Waals surface area contributed by atoms with E-state index >= 15 is 0 Å². The molecule has 0 aromatic heterocycles. The Bertz CT molecular complexity index is 465. The van der Waals surface area contributed by atoms with E-state index < -0.39 is 35.6 Å². The van der Waals surface area contributed by atoms with Gasteiger partial charge in [0.05, 0.1) is 21.9 Å². The van der Waals surface area contributed by atoms with Crippen LogP contribution in [0.4, 0.5) is 28.9 Å². The quantitative estimate of drug-likeness (QED) is 0.518. The van der Waals surface area contributed by atoms with Crippen molar-refractivity contribution < 1.29 is 22.5 Å². The summed E-state index contributed by atoms with van der Waals surface area (Å²) in [5, 5.41) is 12.9. The molecule has 0 aliphatic carbocycles. The van der Waals surface area contributed by atoms with Gasteiger partial charge in [-0.25, -0.2) is 4.39 Å². The van der Waals surface area contributed by atoms with Crippen LogP contribution >= 0.6 is 15.9 Å². The Kier molecular flexibility index (Phi) is 4.49. The van der Waals surface area contributed by atoms with Crippen LogP contribution in [0.15, 0.2) is 16.6 Å². The molecular weight excluding hydrogens is 324 g/mol. The maximum Gasteiger partial charge on any atom is 0.390 e. The van der Waals surface area contributed by atoms with Gasteiger partial charge in [-0.1, -0.05) is 0 Å². The molecule has 100 valence electrons. The van der Waals surface area contributed by atoms with Crippen LogP contribution in [-0.2, 0) is 0 Å². The summed E-state index contributed by atoms with van der Waals surface area (Å²) in [6, 6.07) is 1.67. The molecule has 0 saturated heterocycles. The zero-order valence-corrected chi connectivity index (χ0v) is 10.3. The predicted molar refractivity (Wildman–Crippen MR) is 59.9 cm³/mol. The van der Waals surface area contributed by atoms with Gasteiger partial charge in [0.2, 0.25) is 0 Å². The molecule has 0 amide bonds. The molecule has 0 radical (unpaired) electrons. The van der Waals surface area contributed by atoms with Crippen LogP contribution in [0.1, 0.15) is 6.42 Å². The fraction of sp³-hybridized carbons (Fsp3) is 0.333. The van der Waals surface area contributed by atoms with Crippen molar-refractivity contribution in [3.8, 4) is 0 Å². The van der Waals surface area contributed by atoms with E-state index in [1.165, 1.54) is 0 Å². The third-order valence-corrected chi connectivity index (χ3v) is 2.57. The van der Waals surface area contributed by atoms with Crippen molar-refractivity contribution in [2.75, 3.05) is 11.9 Å². The summed E-state index contributed by atoms with van der Waals surface area (Å²) in [5.74, 6) is -0.858. The van der Waals surface area contributed by atoms with E-state index in [4.69, 9.17) is 0 Å². The van der Waals surface area contributed by atoms with E-state index in [9.17, 15) is 27.7 Å². The third kappa shape index (κ3) is 4.13. The van der Waals surface area contributed by atoms with Crippen LogP contribution < -0.4 is 5.32 Å². The van der Waals surface area contributed by atoms with E-state index in [1.54, 1.807) is 0 Å². The number of nitrogens with zero attached hydrogens (tertiary/aromatic N) is 1. The maximum atomic E-state index is 13.1. The van der Waals surface area contributed by atoms with Gasteiger partial charge in [0.1, 0.15) is 11.5 Å². The van der Waals surface area contributed by atoms with Crippen LogP contribution in [0.3, 0.4) is 0 Å². The normalized spacial score (nSPS) is 11.4. The molecule has 9 heteroatoms. The smallest absolute Gasteiger partial charge is 0.379 e. The molecule has 1 N–H and O–H groups in total. The molecule has 0 atom stereocenters. The number of nitro groups is 1. The molecule has 4 nitrogen and oxygen atoms in total. The van der Waals surface area contributed by atoms with E-state index in [0.29, 0.717) is 6.07 Å². The number of alkyl halides is 3. The molecule has 1 aromatic rings. The topological polar surface area (TPSA) is 55.2 Å². The molecule has 1 aromatic carbocycles. The molecule has 0 fully saturated rings. The minimum Gasteiger partial charge on any atom is -0.379 e. The molecule has 1 rings (SSSR count). The molecule has 0 unspecified atom stereocenters. The summed E-state index contributed by atoms with van der Waals surface area (Å²) in [6.45, 7) is -0.525. The van der Waals surface area contributed by atoms with Crippen LogP contribution in [-0.4, -0.2) is 17.6 Å². The first-order valence-corrected chi connectivity index (χ1v) is 5.44. The second kappa shape index (κ2) is 5.51.